The molecule has 1 amide bonds. The number of carbonyl (C=O) groups excluding carboxylic acids is 1. The van der Waals surface area contributed by atoms with Crippen LogP contribution in [0.3, 0.4) is 0 Å². The molecule has 0 saturated carbocycles. The first-order valence-electron chi connectivity index (χ1n) is 6.14. The zero-order valence-corrected chi connectivity index (χ0v) is 12.5. The number of benzene rings is 2. The summed E-state index contributed by atoms with van der Waals surface area (Å²) >= 11 is 3.44. The van der Waals surface area contributed by atoms with Crippen LogP contribution >= 0.6 is 15.9 Å². The first kappa shape index (κ1) is 14.3. The van der Waals surface area contributed by atoms with Crippen molar-refractivity contribution in [2.45, 2.75) is 12.8 Å². The van der Waals surface area contributed by atoms with Gasteiger partial charge in [0, 0.05) is 4.47 Å². The molecule has 100 valence electrons. The molecule has 0 bridgehead atoms. The van der Waals surface area contributed by atoms with Crippen LogP contribution in [0, 0.1) is 18.3 Å². The molecule has 1 unspecified atom stereocenters. The smallest absolute Gasteiger partial charge is 0.246 e. The van der Waals surface area contributed by atoms with Crippen molar-refractivity contribution < 1.29 is 4.79 Å². The average Bonchev–Trinajstić information content (AvgIpc) is 2.46. The number of nitrogens with zero attached hydrogens (tertiary/aromatic N) is 1. The quantitative estimate of drug-likeness (QED) is 0.925. The minimum Gasteiger partial charge on any atom is -0.324 e. The lowest BCUT2D eigenvalue weighted by Crippen LogP contribution is -2.20. The van der Waals surface area contributed by atoms with E-state index in [0.717, 1.165) is 10.0 Å². The summed E-state index contributed by atoms with van der Waals surface area (Å²) in [5.41, 5.74) is 2.39. The van der Waals surface area contributed by atoms with Crippen LogP contribution in [0.1, 0.15) is 17.0 Å². The monoisotopic (exact) mass is 328 g/mol. The zero-order chi connectivity index (χ0) is 14.5. The highest BCUT2D eigenvalue weighted by atomic mass is 79.9. The lowest BCUT2D eigenvalue weighted by Gasteiger charge is -2.12. The van der Waals surface area contributed by atoms with Crippen molar-refractivity contribution in [3.8, 4) is 6.07 Å². The molecule has 0 saturated heterocycles. The van der Waals surface area contributed by atoms with Crippen LogP contribution in [0.4, 0.5) is 5.69 Å². The molecule has 1 atom stereocenters. The fourth-order valence-electron chi connectivity index (χ4n) is 1.88. The van der Waals surface area contributed by atoms with Crippen molar-refractivity contribution in [1.29, 1.82) is 5.26 Å². The van der Waals surface area contributed by atoms with Crippen LogP contribution in [-0.2, 0) is 4.79 Å². The van der Waals surface area contributed by atoms with Gasteiger partial charge >= 0.3 is 0 Å². The van der Waals surface area contributed by atoms with Crippen molar-refractivity contribution in [3.05, 3.63) is 64.1 Å². The Morgan fingerprint density at radius 3 is 2.55 bits per heavy atom. The number of anilines is 1. The molecule has 0 heterocycles. The van der Waals surface area contributed by atoms with Crippen LogP contribution in [-0.4, -0.2) is 5.91 Å². The molecule has 2 aromatic rings. The molecule has 2 rings (SSSR count). The summed E-state index contributed by atoms with van der Waals surface area (Å²) in [6.07, 6.45) is 0. The highest BCUT2D eigenvalue weighted by Gasteiger charge is 2.20. The number of hydrogen-bond acceptors (Lipinski definition) is 2. The molecular weight excluding hydrogens is 316 g/mol. The standard InChI is InChI=1S/C16H13BrN2O/c1-11-6-5-9-14(15(11)17)19-16(20)13(10-18)12-7-3-2-4-8-12/h2-9,13H,1H3,(H,19,20). The van der Waals surface area contributed by atoms with Gasteiger partial charge in [0.05, 0.1) is 11.8 Å². The number of amides is 1. The van der Waals surface area contributed by atoms with E-state index in [1.54, 1.807) is 18.2 Å². The van der Waals surface area contributed by atoms with Gasteiger partial charge in [-0.3, -0.25) is 4.79 Å². The van der Waals surface area contributed by atoms with Gasteiger partial charge < -0.3 is 5.32 Å². The SMILES string of the molecule is Cc1cccc(NC(=O)C(C#N)c2ccccc2)c1Br. The summed E-state index contributed by atoms with van der Waals surface area (Å²) < 4.78 is 0.832. The summed E-state index contributed by atoms with van der Waals surface area (Å²) in [5.74, 6) is -1.14. The molecule has 4 heteroatoms. The van der Waals surface area contributed by atoms with Gasteiger partial charge in [-0.2, -0.15) is 5.26 Å². The van der Waals surface area contributed by atoms with Gasteiger partial charge in [-0.05, 0) is 40.0 Å². The lowest BCUT2D eigenvalue weighted by atomic mass is 10.00. The van der Waals surface area contributed by atoms with E-state index in [1.807, 2.05) is 43.3 Å². The molecule has 0 aromatic heterocycles. The molecule has 0 aliphatic heterocycles. The average molecular weight is 329 g/mol. The molecule has 20 heavy (non-hydrogen) atoms. The zero-order valence-electron chi connectivity index (χ0n) is 10.9. The summed E-state index contributed by atoms with van der Waals surface area (Å²) in [7, 11) is 0. The maximum Gasteiger partial charge on any atom is 0.246 e. The fraction of sp³-hybridized carbons (Fsp3) is 0.125. The number of hydrogen-bond donors (Lipinski definition) is 1. The third-order valence-corrected chi connectivity index (χ3v) is 4.03. The van der Waals surface area contributed by atoms with E-state index in [2.05, 4.69) is 21.2 Å². The first-order chi connectivity index (χ1) is 9.63. The highest BCUT2D eigenvalue weighted by molar-refractivity contribution is 9.10. The van der Waals surface area contributed by atoms with Crippen molar-refractivity contribution in [3.63, 3.8) is 0 Å². The van der Waals surface area contributed by atoms with Gasteiger partial charge in [0.15, 0.2) is 5.92 Å². The number of nitriles is 1. The molecule has 3 nitrogen and oxygen atoms in total. The van der Waals surface area contributed by atoms with Gasteiger partial charge in [0.25, 0.3) is 0 Å². The molecule has 2 aromatic carbocycles. The number of aryl methyl sites for hydroxylation is 1. The van der Waals surface area contributed by atoms with Crippen LogP contribution in [0.2, 0.25) is 0 Å². The Morgan fingerprint density at radius 1 is 1.20 bits per heavy atom. The summed E-state index contributed by atoms with van der Waals surface area (Å²) in [6, 6.07) is 16.7. The minimum atomic E-state index is -0.816. The predicted octanol–water partition coefficient (Wildman–Crippen LogP) is 4.00. The van der Waals surface area contributed by atoms with Gasteiger partial charge in [0.1, 0.15) is 0 Å². The number of nitrogens with one attached hydrogen (secondary N) is 1. The van der Waals surface area contributed by atoms with Crippen LogP contribution < -0.4 is 5.32 Å². The predicted molar refractivity (Wildman–Crippen MR) is 82.3 cm³/mol. The fourth-order valence-corrected chi connectivity index (χ4v) is 2.24. The van der Waals surface area contributed by atoms with E-state index in [4.69, 9.17) is 0 Å². The molecular formula is C16H13BrN2O. The second kappa shape index (κ2) is 6.36. The van der Waals surface area contributed by atoms with Gasteiger partial charge in [-0.25, -0.2) is 0 Å². The van der Waals surface area contributed by atoms with E-state index in [9.17, 15) is 10.1 Å². The molecule has 0 spiro atoms. The van der Waals surface area contributed by atoms with Gasteiger partial charge in [-0.15, -0.1) is 0 Å². The Hall–Kier alpha value is -2.12. The van der Waals surface area contributed by atoms with Crippen molar-refractivity contribution in [2.24, 2.45) is 0 Å². The lowest BCUT2D eigenvalue weighted by molar-refractivity contribution is -0.116. The van der Waals surface area contributed by atoms with E-state index < -0.39 is 5.92 Å². The normalized spacial score (nSPS) is 11.4. The number of halogens is 1. The maximum atomic E-state index is 12.3. The molecule has 0 aliphatic carbocycles. The number of carbonyl (C=O) groups is 1. The topological polar surface area (TPSA) is 52.9 Å². The third-order valence-electron chi connectivity index (χ3n) is 2.97. The first-order valence-corrected chi connectivity index (χ1v) is 6.93. The summed E-state index contributed by atoms with van der Waals surface area (Å²) in [5, 5.41) is 12.0. The van der Waals surface area contributed by atoms with E-state index in [-0.39, 0.29) is 5.91 Å². The van der Waals surface area contributed by atoms with Crippen LogP contribution in [0.5, 0.6) is 0 Å². The summed E-state index contributed by atoms with van der Waals surface area (Å²) in [6.45, 7) is 1.94. The third kappa shape index (κ3) is 3.06. The van der Waals surface area contributed by atoms with Crippen molar-refractivity contribution in [2.75, 3.05) is 5.32 Å². The van der Waals surface area contributed by atoms with Crippen molar-refractivity contribution in [1.82, 2.24) is 0 Å². The van der Waals surface area contributed by atoms with Gasteiger partial charge in [-0.1, -0.05) is 42.5 Å². The Kier molecular flexibility index (Phi) is 4.54. The second-order valence-electron chi connectivity index (χ2n) is 4.40. The van der Waals surface area contributed by atoms with Crippen molar-refractivity contribution >= 4 is 27.5 Å². The Bertz CT molecular complexity index is 662. The van der Waals surface area contributed by atoms with Crippen LogP contribution in [0.15, 0.2) is 53.0 Å². The minimum absolute atomic E-state index is 0.329. The van der Waals surface area contributed by atoms with E-state index >= 15 is 0 Å². The molecule has 1 N–H and O–H groups in total. The highest BCUT2D eigenvalue weighted by Crippen LogP contribution is 2.27. The number of rotatable bonds is 3. The molecule has 0 radical (unpaired) electrons. The largest absolute Gasteiger partial charge is 0.324 e. The maximum absolute atomic E-state index is 12.3. The van der Waals surface area contributed by atoms with Gasteiger partial charge in [0.2, 0.25) is 5.91 Å². The Morgan fingerprint density at radius 2 is 1.90 bits per heavy atom. The molecule has 0 fully saturated rings. The Balaban J connectivity index is 2.23. The van der Waals surface area contributed by atoms with E-state index in [1.165, 1.54) is 0 Å². The summed E-state index contributed by atoms with van der Waals surface area (Å²) in [4.78, 5) is 12.3. The van der Waals surface area contributed by atoms with Crippen LogP contribution in [0.25, 0.3) is 0 Å². The molecule has 0 aliphatic rings. The Labute approximate surface area is 126 Å². The van der Waals surface area contributed by atoms with E-state index in [0.29, 0.717) is 11.3 Å². The second-order valence-corrected chi connectivity index (χ2v) is 5.19.